The highest BCUT2D eigenvalue weighted by molar-refractivity contribution is 6.24. The van der Waals surface area contributed by atoms with Gasteiger partial charge in [0.25, 0.3) is 0 Å². The van der Waals surface area contributed by atoms with E-state index in [1.54, 1.807) is 32.0 Å². The van der Waals surface area contributed by atoms with Crippen molar-refractivity contribution in [2.75, 3.05) is 25.1 Å². The molecular weight excluding hydrogens is 470 g/mol. The Labute approximate surface area is 215 Å². The van der Waals surface area contributed by atoms with Gasteiger partial charge >= 0.3 is 11.9 Å². The fourth-order valence-corrected chi connectivity index (χ4v) is 4.13. The summed E-state index contributed by atoms with van der Waals surface area (Å²) in [7, 11) is 0. The SMILES string of the molecule is CCOC(=O)CNCc1ccc(N=C(c2ccccc2)C2C(=O)Nc3cc(C(=O)OCC)ccc32)cc1. The molecule has 0 radical (unpaired) electrons. The first-order chi connectivity index (χ1) is 18.0. The Bertz CT molecular complexity index is 1300. The van der Waals surface area contributed by atoms with Gasteiger partial charge in [0.15, 0.2) is 0 Å². The predicted octanol–water partition coefficient (Wildman–Crippen LogP) is 4.37. The van der Waals surface area contributed by atoms with E-state index in [9.17, 15) is 14.4 Å². The molecule has 3 aromatic rings. The van der Waals surface area contributed by atoms with Crippen LogP contribution in [0, 0.1) is 0 Å². The maximum absolute atomic E-state index is 13.2. The van der Waals surface area contributed by atoms with Crippen LogP contribution in [0.15, 0.2) is 77.8 Å². The smallest absolute Gasteiger partial charge is 0.338 e. The van der Waals surface area contributed by atoms with E-state index in [0.29, 0.717) is 35.8 Å². The molecule has 0 bridgehead atoms. The summed E-state index contributed by atoms with van der Waals surface area (Å²) in [6.07, 6.45) is 0. The zero-order valence-corrected chi connectivity index (χ0v) is 20.8. The van der Waals surface area contributed by atoms with Crippen LogP contribution in [-0.4, -0.2) is 43.3 Å². The fourth-order valence-electron chi connectivity index (χ4n) is 4.13. The van der Waals surface area contributed by atoms with Crippen LogP contribution < -0.4 is 10.6 Å². The summed E-state index contributed by atoms with van der Waals surface area (Å²) in [6.45, 7) is 4.80. The molecule has 1 aliphatic rings. The lowest BCUT2D eigenvalue weighted by Gasteiger charge is -2.14. The van der Waals surface area contributed by atoms with Crippen molar-refractivity contribution >= 4 is 34.9 Å². The average Bonchev–Trinajstić information content (AvgIpc) is 3.23. The maximum Gasteiger partial charge on any atom is 0.338 e. The van der Waals surface area contributed by atoms with Crippen molar-refractivity contribution in [3.8, 4) is 0 Å². The number of rotatable bonds is 10. The minimum Gasteiger partial charge on any atom is -0.465 e. The van der Waals surface area contributed by atoms with Gasteiger partial charge in [-0.2, -0.15) is 0 Å². The van der Waals surface area contributed by atoms with Crippen LogP contribution in [-0.2, 0) is 25.6 Å². The quantitative estimate of drug-likeness (QED) is 0.317. The van der Waals surface area contributed by atoms with Gasteiger partial charge in [-0.1, -0.05) is 48.5 Å². The average molecular weight is 500 g/mol. The molecule has 8 nitrogen and oxygen atoms in total. The van der Waals surface area contributed by atoms with Crippen LogP contribution in [0.1, 0.15) is 46.8 Å². The number of fused-ring (bicyclic) bond motifs is 1. The minimum absolute atomic E-state index is 0.139. The number of hydrogen-bond donors (Lipinski definition) is 2. The third-order valence-corrected chi connectivity index (χ3v) is 5.83. The fraction of sp³-hybridized carbons (Fsp3) is 0.241. The van der Waals surface area contributed by atoms with Crippen molar-refractivity contribution in [2.45, 2.75) is 26.3 Å². The molecule has 0 aromatic heterocycles. The predicted molar refractivity (Wildman–Crippen MR) is 141 cm³/mol. The minimum atomic E-state index is -0.639. The molecule has 0 spiro atoms. The van der Waals surface area contributed by atoms with Crippen molar-refractivity contribution in [3.63, 3.8) is 0 Å². The van der Waals surface area contributed by atoms with Gasteiger partial charge in [0.1, 0.15) is 5.92 Å². The molecule has 0 fully saturated rings. The Morgan fingerprint density at radius 1 is 0.919 bits per heavy atom. The van der Waals surface area contributed by atoms with E-state index in [2.05, 4.69) is 10.6 Å². The van der Waals surface area contributed by atoms with Crippen molar-refractivity contribution in [2.24, 2.45) is 4.99 Å². The molecule has 2 N–H and O–H groups in total. The zero-order chi connectivity index (χ0) is 26.2. The number of hydrogen-bond acceptors (Lipinski definition) is 7. The highest BCUT2D eigenvalue weighted by atomic mass is 16.5. The van der Waals surface area contributed by atoms with Gasteiger partial charge in [-0.15, -0.1) is 0 Å². The van der Waals surface area contributed by atoms with Crippen molar-refractivity contribution in [1.29, 1.82) is 0 Å². The normalized spacial score (nSPS) is 14.6. The van der Waals surface area contributed by atoms with E-state index >= 15 is 0 Å². The number of benzene rings is 3. The second kappa shape index (κ2) is 12.1. The van der Waals surface area contributed by atoms with Crippen molar-refractivity contribution in [1.82, 2.24) is 5.32 Å². The Morgan fingerprint density at radius 2 is 1.65 bits per heavy atom. The van der Waals surface area contributed by atoms with Gasteiger partial charge in [-0.05, 0) is 54.8 Å². The van der Waals surface area contributed by atoms with Crippen LogP contribution in [0.25, 0.3) is 0 Å². The molecule has 8 heteroatoms. The lowest BCUT2D eigenvalue weighted by molar-refractivity contribution is -0.142. The molecule has 1 amide bonds. The molecule has 190 valence electrons. The van der Waals surface area contributed by atoms with E-state index in [4.69, 9.17) is 14.5 Å². The third-order valence-electron chi connectivity index (χ3n) is 5.83. The summed E-state index contributed by atoms with van der Waals surface area (Å²) in [6, 6.07) is 22.3. The number of ether oxygens (including phenoxy) is 2. The van der Waals surface area contributed by atoms with Gasteiger partial charge < -0.3 is 20.1 Å². The lowest BCUT2D eigenvalue weighted by atomic mass is 9.90. The van der Waals surface area contributed by atoms with Gasteiger partial charge in [0.2, 0.25) is 5.91 Å². The van der Waals surface area contributed by atoms with E-state index in [1.807, 2.05) is 54.6 Å². The standard InChI is InChI=1S/C29H29N3O5/c1-3-36-25(33)18-30-17-19-10-13-22(14-11-19)31-27(20-8-6-5-7-9-20)26-23-15-12-21(29(35)37-4-2)16-24(23)32-28(26)34/h5-16,26,30H,3-4,17-18H2,1-2H3,(H,32,34). The first-order valence-corrected chi connectivity index (χ1v) is 12.2. The molecule has 1 heterocycles. The van der Waals surface area contributed by atoms with E-state index < -0.39 is 11.9 Å². The molecule has 1 unspecified atom stereocenters. The molecule has 1 atom stereocenters. The number of nitrogens with zero attached hydrogens (tertiary/aromatic N) is 1. The Hall–Kier alpha value is -4.30. The largest absolute Gasteiger partial charge is 0.465 e. The van der Waals surface area contributed by atoms with E-state index in [-0.39, 0.29) is 25.0 Å². The van der Waals surface area contributed by atoms with Crippen LogP contribution in [0.4, 0.5) is 11.4 Å². The zero-order valence-electron chi connectivity index (χ0n) is 20.8. The number of nitrogens with one attached hydrogen (secondary N) is 2. The van der Waals surface area contributed by atoms with Gasteiger partial charge in [0.05, 0.1) is 36.7 Å². The summed E-state index contributed by atoms with van der Waals surface area (Å²) in [4.78, 5) is 41.7. The number of aliphatic imine (C=N–C) groups is 1. The van der Waals surface area contributed by atoms with E-state index in [0.717, 1.165) is 16.7 Å². The van der Waals surface area contributed by atoms with Crippen LogP contribution in [0.2, 0.25) is 0 Å². The number of carbonyl (C=O) groups excluding carboxylic acids is 3. The lowest BCUT2D eigenvalue weighted by Crippen LogP contribution is -2.24. The van der Waals surface area contributed by atoms with Crippen LogP contribution >= 0.6 is 0 Å². The summed E-state index contributed by atoms with van der Waals surface area (Å²) < 4.78 is 10.0. The monoisotopic (exact) mass is 499 g/mol. The first-order valence-electron chi connectivity index (χ1n) is 12.2. The van der Waals surface area contributed by atoms with Crippen LogP contribution in [0.3, 0.4) is 0 Å². The maximum atomic E-state index is 13.2. The molecule has 37 heavy (non-hydrogen) atoms. The number of carbonyl (C=O) groups is 3. The third kappa shape index (κ3) is 6.29. The summed E-state index contributed by atoms with van der Waals surface area (Å²) in [5.41, 5.74) is 4.82. The number of esters is 2. The second-order valence-corrected chi connectivity index (χ2v) is 8.38. The molecular formula is C29H29N3O5. The Kier molecular flexibility index (Phi) is 8.43. The van der Waals surface area contributed by atoms with Crippen molar-refractivity contribution < 1.29 is 23.9 Å². The van der Waals surface area contributed by atoms with Crippen molar-refractivity contribution in [3.05, 3.63) is 95.1 Å². The summed E-state index contributed by atoms with van der Waals surface area (Å²) in [5.74, 6) is -1.57. The molecule has 0 saturated heterocycles. The molecule has 0 saturated carbocycles. The van der Waals surface area contributed by atoms with Gasteiger partial charge in [0, 0.05) is 12.2 Å². The van der Waals surface area contributed by atoms with Crippen LogP contribution in [0.5, 0.6) is 0 Å². The highest BCUT2D eigenvalue weighted by Gasteiger charge is 2.36. The Balaban J connectivity index is 1.61. The van der Waals surface area contributed by atoms with Gasteiger partial charge in [-0.25, -0.2) is 4.79 Å². The van der Waals surface area contributed by atoms with Gasteiger partial charge in [-0.3, -0.25) is 14.6 Å². The first kappa shape index (κ1) is 25.8. The summed E-state index contributed by atoms with van der Waals surface area (Å²) >= 11 is 0. The molecule has 0 aliphatic carbocycles. The Morgan fingerprint density at radius 3 is 2.35 bits per heavy atom. The molecule has 3 aromatic carbocycles. The highest BCUT2D eigenvalue weighted by Crippen LogP contribution is 2.37. The van der Waals surface area contributed by atoms with E-state index in [1.165, 1.54) is 0 Å². The second-order valence-electron chi connectivity index (χ2n) is 8.38. The summed E-state index contributed by atoms with van der Waals surface area (Å²) in [5, 5.41) is 5.96. The number of anilines is 1. The molecule has 1 aliphatic heterocycles. The molecule has 4 rings (SSSR count). The number of amides is 1. The topological polar surface area (TPSA) is 106 Å².